The van der Waals surface area contributed by atoms with Crippen LogP contribution in [0, 0.1) is 0 Å². The molecule has 94 valence electrons. The third kappa shape index (κ3) is 2.21. The summed E-state index contributed by atoms with van der Waals surface area (Å²) in [6.45, 7) is 1.86. The van der Waals surface area contributed by atoms with E-state index >= 15 is 0 Å². The van der Waals surface area contributed by atoms with Crippen LogP contribution in [-0.2, 0) is 12.0 Å². The van der Waals surface area contributed by atoms with Gasteiger partial charge in [-0.3, -0.25) is 0 Å². The van der Waals surface area contributed by atoms with E-state index in [1.54, 1.807) is 6.26 Å². The van der Waals surface area contributed by atoms with E-state index in [-0.39, 0.29) is 0 Å². The molecule has 0 radical (unpaired) electrons. The number of benzene rings is 1. The molecule has 1 aliphatic rings. The fourth-order valence-corrected chi connectivity index (χ4v) is 2.80. The molecular weight excluding hydrogens is 222 g/mol. The van der Waals surface area contributed by atoms with E-state index in [1.165, 1.54) is 24.8 Å². The monoisotopic (exact) mass is 241 g/mol. The minimum atomic E-state index is 0.355. The molecule has 1 aliphatic carbocycles. The molecule has 2 aromatic rings. The van der Waals surface area contributed by atoms with E-state index in [4.69, 9.17) is 4.42 Å². The summed E-state index contributed by atoms with van der Waals surface area (Å²) >= 11 is 0. The first-order valence-corrected chi connectivity index (χ1v) is 6.68. The van der Waals surface area contributed by atoms with Crippen LogP contribution in [0.5, 0.6) is 0 Å². The summed E-state index contributed by atoms with van der Waals surface area (Å²) in [6, 6.07) is 14.8. The third-order valence-electron chi connectivity index (χ3n) is 4.04. The lowest BCUT2D eigenvalue weighted by molar-refractivity contribution is 0.231. The van der Waals surface area contributed by atoms with Crippen molar-refractivity contribution in [3.05, 3.63) is 60.1 Å². The van der Waals surface area contributed by atoms with Crippen molar-refractivity contribution in [1.29, 1.82) is 0 Å². The lowest BCUT2D eigenvalue weighted by atomic mass is 9.64. The molecule has 1 heterocycles. The maximum absolute atomic E-state index is 5.34. The van der Waals surface area contributed by atoms with Gasteiger partial charge in [0.05, 0.1) is 12.8 Å². The number of nitrogens with one attached hydrogen (secondary N) is 1. The zero-order valence-electron chi connectivity index (χ0n) is 10.6. The standard InChI is InChI=1S/C16H19NO/c1-2-6-14(7-3-1)16(9-5-10-16)13-17-12-15-8-4-11-18-15/h1-4,6-8,11,17H,5,9-10,12-13H2. The van der Waals surface area contributed by atoms with E-state index in [0.29, 0.717) is 5.41 Å². The minimum absolute atomic E-state index is 0.355. The number of hydrogen-bond donors (Lipinski definition) is 1. The lowest BCUT2D eigenvalue weighted by Gasteiger charge is -2.42. The molecule has 0 spiro atoms. The highest BCUT2D eigenvalue weighted by atomic mass is 16.3. The van der Waals surface area contributed by atoms with E-state index in [2.05, 4.69) is 35.6 Å². The Morgan fingerprint density at radius 1 is 1.06 bits per heavy atom. The topological polar surface area (TPSA) is 25.2 Å². The van der Waals surface area contributed by atoms with Gasteiger partial charge >= 0.3 is 0 Å². The fraction of sp³-hybridized carbons (Fsp3) is 0.375. The van der Waals surface area contributed by atoms with Crippen molar-refractivity contribution in [2.24, 2.45) is 0 Å². The first-order chi connectivity index (χ1) is 8.89. The van der Waals surface area contributed by atoms with Gasteiger partial charge in [0.2, 0.25) is 0 Å². The Bertz CT molecular complexity index is 471. The first kappa shape index (κ1) is 11.5. The normalized spacial score (nSPS) is 17.3. The van der Waals surface area contributed by atoms with Crippen LogP contribution in [0.25, 0.3) is 0 Å². The van der Waals surface area contributed by atoms with Crippen LogP contribution in [0.4, 0.5) is 0 Å². The van der Waals surface area contributed by atoms with Crippen molar-refractivity contribution in [2.75, 3.05) is 6.54 Å². The van der Waals surface area contributed by atoms with Crippen LogP contribution >= 0.6 is 0 Å². The van der Waals surface area contributed by atoms with Gasteiger partial charge in [-0.1, -0.05) is 36.8 Å². The predicted molar refractivity (Wildman–Crippen MR) is 72.4 cm³/mol. The molecule has 1 N–H and O–H groups in total. The van der Waals surface area contributed by atoms with Crippen molar-refractivity contribution in [2.45, 2.75) is 31.2 Å². The van der Waals surface area contributed by atoms with Gasteiger partial charge in [0.1, 0.15) is 5.76 Å². The highest BCUT2D eigenvalue weighted by Gasteiger charge is 2.37. The average Bonchev–Trinajstić information content (AvgIpc) is 2.87. The van der Waals surface area contributed by atoms with Gasteiger partial charge in [-0.2, -0.15) is 0 Å². The summed E-state index contributed by atoms with van der Waals surface area (Å²) in [5.41, 5.74) is 1.83. The molecule has 1 aromatic heterocycles. The van der Waals surface area contributed by atoms with Crippen molar-refractivity contribution >= 4 is 0 Å². The van der Waals surface area contributed by atoms with E-state index in [1.807, 2.05) is 12.1 Å². The second kappa shape index (κ2) is 4.99. The Kier molecular flexibility index (Phi) is 3.20. The molecule has 0 amide bonds. The SMILES string of the molecule is c1ccc(C2(CNCc3ccco3)CCC2)cc1. The second-order valence-electron chi connectivity index (χ2n) is 5.18. The molecule has 1 fully saturated rings. The van der Waals surface area contributed by atoms with Gasteiger partial charge in [-0.25, -0.2) is 0 Å². The van der Waals surface area contributed by atoms with Crippen molar-refractivity contribution in [3.8, 4) is 0 Å². The largest absolute Gasteiger partial charge is 0.468 e. The summed E-state index contributed by atoms with van der Waals surface area (Å²) in [6.07, 6.45) is 5.66. The highest BCUT2D eigenvalue weighted by Crippen LogP contribution is 2.43. The van der Waals surface area contributed by atoms with Crippen molar-refractivity contribution in [3.63, 3.8) is 0 Å². The van der Waals surface area contributed by atoms with E-state index < -0.39 is 0 Å². The Morgan fingerprint density at radius 2 is 1.89 bits per heavy atom. The summed E-state index contributed by atoms with van der Waals surface area (Å²) in [5, 5.41) is 3.54. The van der Waals surface area contributed by atoms with Gasteiger partial charge in [0.15, 0.2) is 0 Å². The number of rotatable bonds is 5. The molecule has 2 nitrogen and oxygen atoms in total. The fourth-order valence-electron chi connectivity index (χ4n) is 2.80. The molecule has 0 aliphatic heterocycles. The third-order valence-corrected chi connectivity index (χ3v) is 4.04. The average molecular weight is 241 g/mol. The van der Waals surface area contributed by atoms with Crippen LogP contribution < -0.4 is 5.32 Å². The van der Waals surface area contributed by atoms with Gasteiger partial charge in [0.25, 0.3) is 0 Å². The quantitative estimate of drug-likeness (QED) is 0.866. The maximum atomic E-state index is 5.34. The minimum Gasteiger partial charge on any atom is -0.468 e. The van der Waals surface area contributed by atoms with Crippen molar-refractivity contribution in [1.82, 2.24) is 5.32 Å². The molecular formula is C16H19NO. The first-order valence-electron chi connectivity index (χ1n) is 6.68. The Labute approximate surface area is 108 Å². The van der Waals surface area contributed by atoms with Crippen LogP contribution in [-0.4, -0.2) is 6.54 Å². The summed E-state index contributed by atoms with van der Waals surface area (Å²) < 4.78 is 5.34. The summed E-state index contributed by atoms with van der Waals surface area (Å²) in [4.78, 5) is 0. The second-order valence-corrected chi connectivity index (χ2v) is 5.18. The Morgan fingerprint density at radius 3 is 2.50 bits per heavy atom. The molecule has 1 aromatic carbocycles. The van der Waals surface area contributed by atoms with Crippen LogP contribution in [0.15, 0.2) is 53.1 Å². The van der Waals surface area contributed by atoms with E-state index in [0.717, 1.165) is 18.8 Å². The Balaban J connectivity index is 1.62. The van der Waals surface area contributed by atoms with Gasteiger partial charge in [0, 0.05) is 12.0 Å². The molecule has 0 atom stereocenters. The zero-order valence-corrected chi connectivity index (χ0v) is 10.6. The van der Waals surface area contributed by atoms with Crippen LogP contribution in [0.3, 0.4) is 0 Å². The maximum Gasteiger partial charge on any atom is 0.117 e. The lowest BCUT2D eigenvalue weighted by Crippen LogP contribution is -2.43. The molecule has 0 saturated heterocycles. The predicted octanol–water partition coefficient (Wildman–Crippen LogP) is 3.49. The van der Waals surface area contributed by atoms with Crippen molar-refractivity contribution < 1.29 is 4.42 Å². The summed E-state index contributed by atoms with van der Waals surface area (Å²) in [5.74, 6) is 1.01. The molecule has 3 rings (SSSR count). The van der Waals surface area contributed by atoms with Gasteiger partial charge < -0.3 is 9.73 Å². The van der Waals surface area contributed by atoms with Gasteiger partial charge in [-0.15, -0.1) is 0 Å². The Hall–Kier alpha value is -1.54. The smallest absolute Gasteiger partial charge is 0.117 e. The number of furan rings is 1. The molecule has 18 heavy (non-hydrogen) atoms. The number of hydrogen-bond acceptors (Lipinski definition) is 2. The van der Waals surface area contributed by atoms with Crippen LogP contribution in [0.2, 0.25) is 0 Å². The highest BCUT2D eigenvalue weighted by molar-refractivity contribution is 5.28. The molecule has 0 bridgehead atoms. The molecule has 2 heteroatoms. The van der Waals surface area contributed by atoms with Crippen LogP contribution in [0.1, 0.15) is 30.6 Å². The molecule has 1 saturated carbocycles. The van der Waals surface area contributed by atoms with E-state index in [9.17, 15) is 0 Å². The molecule has 0 unspecified atom stereocenters. The van der Waals surface area contributed by atoms with Gasteiger partial charge in [-0.05, 0) is 30.5 Å². The summed E-state index contributed by atoms with van der Waals surface area (Å²) in [7, 11) is 0. The zero-order chi connectivity index (χ0) is 12.3.